The summed E-state index contributed by atoms with van der Waals surface area (Å²) in [7, 11) is 6.33. The Morgan fingerprint density at radius 3 is 2.79 bits per heavy atom. The van der Waals surface area contributed by atoms with Gasteiger partial charge in [-0.3, -0.25) is 0 Å². The number of nitrogens with one attached hydrogen (secondary N) is 1. The van der Waals surface area contributed by atoms with Crippen LogP contribution in [0.5, 0.6) is 0 Å². The second kappa shape index (κ2) is 6.63. The molecular formula is C22H26N6. The number of hydrogen-bond acceptors (Lipinski definition) is 5. The molecule has 6 nitrogen and oxygen atoms in total. The zero-order chi connectivity index (χ0) is 19.3. The van der Waals surface area contributed by atoms with Crippen LogP contribution in [0.15, 0.2) is 48.3 Å². The largest absolute Gasteiger partial charge is 0.380 e. The summed E-state index contributed by atoms with van der Waals surface area (Å²) in [4.78, 5) is 10.2. The minimum absolute atomic E-state index is 0.637. The molecule has 1 saturated heterocycles. The second-order valence-electron chi connectivity index (χ2n) is 8.31. The summed E-state index contributed by atoms with van der Waals surface area (Å²) in [5, 5.41) is 10.3. The van der Waals surface area contributed by atoms with Crippen molar-refractivity contribution in [1.29, 1.82) is 0 Å². The lowest BCUT2D eigenvalue weighted by molar-refractivity contribution is 0.404. The fraction of sp³-hybridized carbons (Fsp3) is 0.364. The molecule has 6 heteroatoms. The number of benzene rings is 1. The average Bonchev–Trinajstić information content (AvgIpc) is 3.34. The third kappa shape index (κ3) is 3.03. The lowest BCUT2D eigenvalue weighted by Gasteiger charge is -2.18. The van der Waals surface area contributed by atoms with Gasteiger partial charge in [0.25, 0.3) is 0 Å². The van der Waals surface area contributed by atoms with Gasteiger partial charge in [0, 0.05) is 68.0 Å². The molecule has 1 aromatic carbocycles. The SMILES string of the molecule is CN(C)Cc1c[nH]c2ccc(-c3ccc(N4CC5=CN(C)CC5C4)nn3)cc12. The maximum Gasteiger partial charge on any atom is 0.151 e. The molecule has 1 atom stereocenters. The highest BCUT2D eigenvalue weighted by atomic mass is 15.3. The number of H-pyrrole nitrogens is 1. The monoisotopic (exact) mass is 374 g/mol. The van der Waals surface area contributed by atoms with E-state index in [0.717, 1.165) is 48.8 Å². The standard InChI is InChI=1S/C22H26N6/c1-26(2)10-16-9-23-21-5-4-15(8-19(16)21)20-6-7-22(25-24-20)28-13-17-11-27(3)12-18(17)14-28/h4-9,11,18,23H,10,12-14H2,1-3H3. The van der Waals surface area contributed by atoms with Crippen LogP contribution in [0.4, 0.5) is 5.82 Å². The number of aromatic nitrogens is 3. The van der Waals surface area contributed by atoms with Crippen molar-refractivity contribution in [2.45, 2.75) is 6.54 Å². The number of rotatable bonds is 4. The van der Waals surface area contributed by atoms with Crippen LogP contribution in [-0.4, -0.2) is 65.8 Å². The molecule has 1 N–H and O–H groups in total. The molecule has 1 fully saturated rings. The minimum Gasteiger partial charge on any atom is -0.380 e. The summed E-state index contributed by atoms with van der Waals surface area (Å²) in [6.07, 6.45) is 4.38. The van der Waals surface area contributed by atoms with Gasteiger partial charge in [0.2, 0.25) is 0 Å². The Bertz CT molecular complexity index is 1030. The molecule has 0 spiro atoms. The number of anilines is 1. The molecule has 0 aliphatic carbocycles. The highest BCUT2D eigenvalue weighted by molar-refractivity contribution is 5.87. The Labute approximate surface area is 165 Å². The van der Waals surface area contributed by atoms with Crippen molar-refractivity contribution in [2.75, 3.05) is 45.7 Å². The molecule has 0 radical (unpaired) electrons. The Balaban J connectivity index is 1.39. The van der Waals surface area contributed by atoms with Crippen LogP contribution < -0.4 is 4.90 Å². The fourth-order valence-electron chi connectivity index (χ4n) is 4.43. The van der Waals surface area contributed by atoms with Gasteiger partial charge in [-0.15, -0.1) is 10.2 Å². The number of aromatic amines is 1. The quantitative estimate of drug-likeness (QED) is 0.761. The Morgan fingerprint density at radius 1 is 1.14 bits per heavy atom. The van der Waals surface area contributed by atoms with E-state index < -0.39 is 0 Å². The van der Waals surface area contributed by atoms with Gasteiger partial charge < -0.3 is 19.7 Å². The molecule has 4 heterocycles. The molecule has 144 valence electrons. The van der Waals surface area contributed by atoms with E-state index >= 15 is 0 Å². The van der Waals surface area contributed by atoms with Crippen molar-refractivity contribution in [1.82, 2.24) is 25.0 Å². The van der Waals surface area contributed by atoms with Crippen LogP contribution in [0.25, 0.3) is 22.2 Å². The van der Waals surface area contributed by atoms with E-state index in [9.17, 15) is 0 Å². The van der Waals surface area contributed by atoms with E-state index in [1.165, 1.54) is 16.5 Å². The van der Waals surface area contributed by atoms with Crippen LogP contribution in [0.1, 0.15) is 5.56 Å². The van der Waals surface area contributed by atoms with Gasteiger partial charge in [0.1, 0.15) is 0 Å². The normalized spacial score (nSPS) is 19.0. The number of fused-ring (bicyclic) bond motifs is 2. The lowest BCUT2D eigenvalue weighted by Crippen LogP contribution is -2.25. The van der Waals surface area contributed by atoms with Gasteiger partial charge in [-0.1, -0.05) is 6.07 Å². The van der Waals surface area contributed by atoms with E-state index in [2.05, 4.69) is 93.8 Å². The summed E-state index contributed by atoms with van der Waals surface area (Å²) in [6, 6.07) is 10.7. The molecule has 2 aliphatic heterocycles. The van der Waals surface area contributed by atoms with Gasteiger partial charge in [-0.2, -0.15) is 0 Å². The Hall–Kier alpha value is -2.86. The van der Waals surface area contributed by atoms with Crippen molar-refractivity contribution < 1.29 is 0 Å². The Kier molecular flexibility index (Phi) is 4.09. The molecule has 3 aromatic rings. The van der Waals surface area contributed by atoms with Crippen molar-refractivity contribution >= 4 is 16.7 Å². The molecule has 1 unspecified atom stereocenters. The van der Waals surface area contributed by atoms with E-state index in [1.807, 2.05) is 0 Å². The van der Waals surface area contributed by atoms with Crippen molar-refractivity contribution in [2.24, 2.45) is 5.92 Å². The molecule has 5 rings (SSSR count). The zero-order valence-electron chi connectivity index (χ0n) is 16.7. The molecule has 0 saturated carbocycles. The number of nitrogens with zero attached hydrogens (tertiary/aromatic N) is 5. The molecule has 2 aromatic heterocycles. The fourth-order valence-corrected chi connectivity index (χ4v) is 4.43. The van der Waals surface area contributed by atoms with E-state index in [0.29, 0.717) is 5.92 Å². The zero-order valence-corrected chi connectivity index (χ0v) is 16.7. The maximum atomic E-state index is 4.54. The first-order valence-corrected chi connectivity index (χ1v) is 9.81. The minimum atomic E-state index is 0.637. The van der Waals surface area contributed by atoms with Crippen LogP contribution in [0, 0.1) is 5.92 Å². The first-order valence-electron chi connectivity index (χ1n) is 9.81. The van der Waals surface area contributed by atoms with Gasteiger partial charge >= 0.3 is 0 Å². The predicted octanol–water partition coefficient (Wildman–Crippen LogP) is 2.95. The van der Waals surface area contributed by atoms with Gasteiger partial charge in [-0.25, -0.2) is 0 Å². The van der Waals surface area contributed by atoms with Crippen molar-refractivity contribution in [3.63, 3.8) is 0 Å². The smallest absolute Gasteiger partial charge is 0.151 e. The highest BCUT2D eigenvalue weighted by Gasteiger charge is 2.32. The summed E-state index contributed by atoms with van der Waals surface area (Å²) in [5.41, 5.74) is 6.00. The van der Waals surface area contributed by atoms with E-state index in [1.54, 1.807) is 0 Å². The van der Waals surface area contributed by atoms with Crippen LogP contribution in [0.2, 0.25) is 0 Å². The first-order chi connectivity index (χ1) is 13.6. The Morgan fingerprint density at radius 2 is 2.04 bits per heavy atom. The summed E-state index contributed by atoms with van der Waals surface area (Å²) in [5.74, 6) is 1.61. The van der Waals surface area contributed by atoms with Crippen LogP contribution in [-0.2, 0) is 6.54 Å². The van der Waals surface area contributed by atoms with Gasteiger partial charge in [0.05, 0.1) is 5.69 Å². The van der Waals surface area contributed by atoms with E-state index in [-0.39, 0.29) is 0 Å². The third-order valence-corrected chi connectivity index (χ3v) is 5.76. The topological polar surface area (TPSA) is 51.3 Å². The predicted molar refractivity (Wildman–Crippen MR) is 113 cm³/mol. The van der Waals surface area contributed by atoms with Crippen LogP contribution in [0.3, 0.4) is 0 Å². The van der Waals surface area contributed by atoms with E-state index in [4.69, 9.17) is 0 Å². The van der Waals surface area contributed by atoms with Gasteiger partial charge in [0.15, 0.2) is 5.82 Å². The molecule has 28 heavy (non-hydrogen) atoms. The molecular weight excluding hydrogens is 348 g/mol. The summed E-state index contributed by atoms with van der Waals surface area (Å²) in [6.45, 7) is 4.03. The molecule has 0 bridgehead atoms. The number of hydrogen-bond donors (Lipinski definition) is 1. The maximum absolute atomic E-state index is 4.54. The summed E-state index contributed by atoms with van der Waals surface area (Å²) < 4.78 is 0. The third-order valence-electron chi connectivity index (χ3n) is 5.76. The first kappa shape index (κ1) is 17.3. The van der Waals surface area contributed by atoms with Crippen LogP contribution >= 0.6 is 0 Å². The summed E-state index contributed by atoms with van der Waals surface area (Å²) >= 11 is 0. The molecule has 0 amide bonds. The lowest BCUT2D eigenvalue weighted by atomic mass is 10.1. The second-order valence-corrected chi connectivity index (χ2v) is 8.31. The highest BCUT2D eigenvalue weighted by Crippen LogP contribution is 2.32. The van der Waals surface area contributed by atoms with Gasteiger partial charge in [-0.05, 0) is 49.5 Å². The van der Waals surface area contributed by atoms with Crippen molar-refractivity contribution in [3.8, 4) is 11.3 Å². The van der Waals surface area contributed by atoms with Crippen molar-refractivity contribution in [3.05, 3.63) is 53.9 Å². The average molecular weight is 374 g/mol. The molecule has 2 aliphatic rings.